The second kappa shape index (κ2) is 7.41. The van der Waals surface area contributed by atoms with Crippen LogP contribution in [0.1, 0.15) is 60.3 Å². The number of nitrogens with one attached hydrogen (secondary N) is 1. The Kier molecular flexibility index (Phi) is 6.46. The SMILES string of the molecule is CC(C)CN(CCCC(C)(NC(C)C)C(=O)O)C1CC1. The molecule has 4 nitrogen and oxygen atoms in total. The molecule has 0 amide bonds. The van der Waals surface area contributed by atoms with Gasteiger partial charge in [0, 0.05) is 18.6 Å². The van der Waals surface area contributed by atoms with Gasteiger partial charge in [-0.2, -0.15) is 0 Å². The summed E-state index contributed by atoms with van der Waals surface area (Å²) in [6.45, 7) is 12.4. The lowest BCUT2D eigenvalue weighted by atomic mass is 9.94. The van der Waals surface area contributed by atoms with E-state index in [0.717, 1.165) is 25.6 Å². The van der Waals surface area contributed by atoms with Crippen LogP contribution in [-0.2, 0) is 4.79 Å². The van der Waals surface area contributed by atoms with E-state index in [4.69, 9.17) is 0 Å². The van der Waals surface area contributed by atoms with Gasteiger partial charge in [-0.15, -0.1) is 0 Å². The standard InChI is InChI=1S/C16H32N2O2/c1-12(2)11-18(14-7-8-14)10-6-9-16(5,15(19)20)17-13(3)4/h12-14,17H,6-11H2,1-5H3,(H,19,20). The molecule has 118 valence electrons. The molecule has 4 heteroatoms. The predicted octanol–water partition coefficient (Wildman–Crippen LogP) is 2.73. The van der Waals surface area contributed by atoms with Crippen molar-refractivity contribution in [2.45, 2.75) is 77.9 Å². The fourth-order valence-corrected chi connectivity index (χ4v) is 2.85. The van der Waals surface area contributed by atoms with Crippen molar-refractivity contribution in [2.24, 2.45) is 5.92 Å². The van der Waals surface area contributed by atoms with Gasteiger partial charge in [-0.1, -0.05) is 13.8 Å². The summed E-state index contributed by atoms with van der Waals surface area (Å²) in [5.41, 5.74) is -0.804. The molecule has 0 aromatic rings. The molecule has 1 atom stereocenters. The third-order valence-electron chi connectivity index (χ3n) is 3.86. The summed E-state index contributed by atoms with van der Waals surface area (Å²) < 4.78 is 0. The second-order valence-electron chi connectivity index (χ2n) is 7.16. The van der Waals surface area contributed by atoms with E-state index in [2.05, 4.69) is 24.1 Å². The minimum atomic E-state index is -0.804. The quantitative estimate of drug-likeness (QED) is 0.647. The predicted molar refractivity (Wildman–Crippen MR) is 83.0 cm³/mol. The zero-order valence-electron chi connectivity index (χ0n) is 13.8. The van der Waals surface area contributed by atoms with Gasteiger partial charge in [0.15, 0.2) is 0 Å². The topological polar surface area (TPSA) is 52.6 Å². The molecule has 1 fully saturated rings. The lowest BCUT2D eigenvalue weighted by molar-refractivity contribution is -0.144. The monoisotopic (exact) mass is 284 g/mol. The van der Waals surface area contributed by atoms with Gasteiger partial charge >= 0.3 is 5.97 Å². The van der Waals surface area contributed by atoms with E-state index >= 15 is 0 Å². The molecular weight excluding hydrogens is 252 g/mol. The van der Waals surface area contributed by atoms with E-state index in [-0.39, 0.29) is 6.04 Å². The Morgan fingerprint density at radius 2 is 1.95 bits per heavy atom. The number of hydrogen-bond donors (Lipinski definition) is 2. The molecule has 2 N–H and O–H groups in total. The van der Waals surface area contributed by atoms with E-state index in [0.29, 0.717) is 12.3 Å². The Labute approximate surface area is 123 Å². The van der Waals surface area contributed by atoms with Crippen LogP contribution in [0.5, 0.6) is 0 Å². The Bertz CT molecular complexity index is 314. The Morgan fingerprint density at radius 1 is 1.35 bits per heavy atom. The highest BCUT2D eigenvalue weighted by atomic mass is 16.4. The number of carboxylic acid groups (broad SMARTS) is 1. The minimum absolute atomic E-state index is 0.186. The van der Waals surface area contributed by atoms with Gasteiger partial charge in [-0.3, -0.25) is 10.1 Å². The Morgan fingerprint density at radius 3 is 2.35 bits per heavy atom. The first kappa shape index (κ1) is 17.4. The summed E-state index contributed by atoms with van der Waals surface area (Å²) >= 11 is 0. The molecule has 0 aromatic heterocycles. The number of carboxylic acids is 1. The largest absolute Gasteiger partial charge is 0.480 e. The average molecular weight is 284 g/mol. The highest BCUT2D eigenvalue weighted by Crippen LogP contribution is 2.28. The summed E-state index contributed by atoms with van der Waals surface area (Å²) in [4.78, 5) is 14.0. The molecule has 0 aliphatic heterocycles. The fraction of sp³-hybridized carbons (Fsp3) is 0.938. The first-order chi connectivity index (χ1) is 9.24. The maximum atomic E-state index is 11.5. The molecule has 1 saturated carbocycles. The van der Waals surface area contributed by atoms with Gasteiger partial charge in [0.2, 0.25) is 0 Å². The molecule has 0 radical (unpaired) electrons. The van der Waals surface area contributed by atoms with Gasteiger partial charge in [0.1, 0.15) is 5.54 Å². The third kappa shape index (κ3) is 5.80. The first-order valence-electron chi connectivity index (χ1n) is 7.99. The van der Waals surface area contributed by atoms with Crippen LogP contribution in [0.25, 0.3) is 0 Å². The maximum absolute atomic E-state index is 11.5. The van der Waals surface area contributed by atoms with Crippen molar-refractivity contribution in [3.05, 3.63) is 0 Å². The second-order valence-corrected chi connectivity index (χ2v) is 7.16. The minimum Gasteiger partial charge on any atom is -0.480 e. The lowest BCUT2D eigenvalue weighted by Gasteiger charge is -2.30. The molecule has 1 unspecified atom stereocenters. The van der Waals surface area contributed by atoms with Crippen LogP contribution in [0.2, 0.25) is 0 Å². The molecule has 1 rings (SSSR count). The third-order valence-corrected chi connectivity index (χ3v) is 3.86. The average Bonchev–Trinajstić information content (AvgIpc) is 3.09. The van der Waals surface area contributed by atoms with E-state index in [1.54, 1.807) is 6.92 Å². The zero-order chi connectivity index (χ0) is 15.3. The number of carbonyl (C=O) groups is 1. The van der Waals surface area contributed by atoms with Crippen molar-refractivity contribution in [2.75, 3.05) is 13.1 Å². The zero-order valence-corrected chi connectivity index (χ0v) is 13.8. The molecule has 0 bridgehead atoms. The molecule has 0 heterocycles. The maximum Gasteiger partial charge on any atom is 0.323 e. The smallest absolute Gasteiger partial charge is 0.323 e. The van der Waals surface area contributed by atoms with Crippen molar-refractivity contribution >= 4 is 5.97 Å². The van der Waals surface area contributed by atoms with Gasteiger partial charge in [-0.25, -0.2) is 0 Å². The van der Waals surface area contributed by atoms with Gasteiger partial charge in [-0.05, 0) is 58.9 Å². The fourth-order valence-electron chi connectivity index (χ4n) is 2.85. The van der Waals surface area contributed by atoms with E-state index in [1.165, 1.54) is 12.8 Å². The van der Waals surface area contributed by atoms with Crippen molar-refractivity contribution in [1.29, 1.82) is 0 Å². The molecule has 0 spiro atoms. The van der Waals surface area contributed by atoms with E-state index in [1.807, 2.05) is 13.8 Å². The van der Waals surface area contributed by atoms with Crippen LogP contribution >= 0.6 is 0 Å². The summed E-state index contributed by atoms with van der Waals surface area (Å²) in [6.07, 6.45) is 4.24. The van der Waals surface area contributed by atoms with Crippen LogP contribution in [0, 0.1) is 5.92 Å². The van der Waals surface area contributed by atoms with E-state index in [9.17, 15) is 9.90 Å². The summed E-state index contributed by atoms with van der Waals surface area (Å²) in [6, 6.07) is 0.942. The van der Waals surface area contributed by atoms with Crippen LogP contribution in [0.15, 0.2) is 0 Å². The van der Waals surface area contributed by atoms with Crippen molar-refractivity contribution in [1.82, 2.24) is 10.2 Å². The molecule has 0 saturated heterocycles. The van der Waals surface area contributed by atoms with Crippen LogP contribution < -0.4 is 5.32 Å². The van der Waals surface area contributed by atoms with Crippen LogP contribution in [0.4, 0.5) is 0 Å². The Balaban J connectivity index is 2.44. The molecular formula is C16H32N2O2. The van der Waals surface area contributed by atoms with Crippen molar-refractivity contribution < 1.29 is 9.90 Å². The first-order valence-corrected chi connectivity index (χ1v) is 7.99. The number of nitrogens with zero attached hydrogens (tertiary/aromatic N) is 1. The number of aliphatic carboxylic acids is 1. The molecule has 0 aromatic carbocycles. The number of rotatable bonds is 10. The lowest BCUT2D eigenvalue weighted by Crippen LogP contribution is -2.52. The van der Waals surface area contributed by atoms with Crippen molar-refractivity contribution in [3.8, 4) is 0 Å². The molecule has 1 aliphatic rings. The number of hydrogen-bond acceptors (Lipinski definition) is 3. The highest BCUT2D eigenvalue weighted by molar-refractivity contribution is 5.78. The summed E-state index contributed by atoms with van der Waals surface area (Å²) in [7, 11) is 0. The van der Waals surface area contributed by atoms with Gasteiger partial charge in [0.05, 0.1) is 0 Å². The van der Waals surface area contributed by atoms with Crippen LogP contribution in [-0.4, -0.2) is 46.7 Å². The van der Waals surface area contributed by atoms with Gasteiger partial charge in [0.25, 0.3) is 0 Å². The Hall–Kier alpha value is -0.610. The molecule has 20 heavy (non-hydrogen) atoms. The summed E-state index contributed by atoms with van der Waals surface area (Å²) in [5, 5.41) is 12.6. The van der Waals surface area contributed by atoms with Crippen LogP contribution in [0.3, 0.4) is 0 Å². The highest BCUT2D eigenvalue weighted by Gasteiger charge is 2.34. The normalized spacial score (nSPS) is 18.8. The molecule has 1 aliphatic carbocycles. The van der Waals surface area contributed by atoms with Crippen molar-refractivity contribution in [3.63, 3.8) is 0 Å². The van der Waals surface area contributed by atoms with Gasteiger partial charge < -0.3 is 10.0 Å². The summed E-state index contributed by atoms with van der Waals surface area (Å²) in [5.74, 6) is -0.0664. The van der Waals surface area contributed by atoms with E-state index < -0.39 is 11.5 Å².